The molecule has 2 aromatic heterocycles. The van der Waals surface area contributed by atoms with Crippen LogP contribution >= 0.6 is 11.3 Å². The fraction of sp³-hybridized carbons (Fsp3) is 0.571. The van der Waals surface area contributed by atoms with Gasteiger partial charge in [-0.25, -0.2) is 10.8 Å². The van der Waals surface area contributed by atoms with Crippen LogP contribution in [-0.4, -0.2) is 16.5 Å². The average Bonchev–Trinajstić information content (AvgIpc) is 2.91. The second-order valence-corrected chi connectivity index (χ2v) is 6.00. The number of aryl methyl sites for hydroxylation is 1. The van der Waals surface area contributed by atoms with Crippen molar-refractivity contribution < 1.29 is 0 Å². The van der Waals surface area contributed by atoms with Gasteiger partial charge in [-0.05, 0) is 18.4 Å². The van der Waals surface area contributed by atoms with Crippen molar-refractivity contribution in [1.82, 2.24) is 9.97 Å². The van der Waals surface area contributed by atoms with Crippen LogP contribution in [0.15, 0.2) is 6.07 Å². The first kappa shape index (κ1) is 15.0. The Balaban J connectivity index is 2.31. The Bertz CT molecular complexity index is 562. The zero-order chi connectivity index (χ0) is 14.5. The van der Waals surface area contributed by atoms with Crippen molar-refractivity contribution in [3.63, 3.8) is 0 Å². The molecule has 0 amide bonds. The van der Waals surface area contributed by atoms with Crippen LogP contribution < -0.4 is 16.6 Å². The first-order valence-corrected chi connectivity index (χ1v) is 8.04. The van der Waals surface area contributed by atoms with E-state index in [2.05, 4.69) is 47.5 Å². The second-order valence-electron chi connectivity index (χ2n) is 4.89. The minimum atomic E-state index is 0.467. The molecule has 2 rings (SSSR count). The number of rotatable bonds is 7. The van der Waals surface area contributed by atoms with E-state index in [1.165, 1.54) is 17.7 Å². The second kappa shape index (κ2) is 6.85. The van der Waals surface area contributed by atoms with Gasteiger partial charge in [0.2, 0.25) is 5.95 Å². The molecule has 5 nitrogen and oxygen atoms in total. The van der Waals surface area contributed by atoms with Crippen LogP contribution in [-0.2, 0) is 6.42 Å². The van der Waals surface area contributed by atoms with E-state index in [1.54, 1.807) is 11.3 Å². The van der Waals surface area contributed by atoms with Gasteiger partial charge in [0, 0.05) is 11.4 Å². The van der Waals surface area contributed by atoms with Crippen molar-refractivity contribution in [2.75, 3.05) is 17.3 Å². The minimum absolute atomic E-state index is 0.467. The Morgan fingerprint density at radius 1 is 1.25 bits per heavy atom. The number of fused-ring (bicyclic) bond motifs is 1. The number of nitrogens with zero attached hydrogens (tertiary/aromatic N) is 2. The molecule has 0 radical (unpaired) electrons. The van der Waals surface area contributed by atoms with E-state index < -0.39 is 0 Å². The third kappa shape index (κ3) is 3.19. The van der Waals surface area contributed by atoms with Crippen molar-refractivity contribution in [3.8, 4) is 0 Å². The molecule has 2 aromatic rings. The molecule has 6 heteroatoms. The predicted molar refractivity (Wildman–Crippen MR) is 87.2 cm³/mol. The number of nitrogen functional groups attached to an aromatic ring is 1. The molecule has 110 valence electrons. The molecular formula is C14H23N5S. The summed E-state index contributed by atoms with van der Waals surface area (Å²) in [7, 11) is 0. The highest BCUT2D eigenvalue weighted by molar-refractivity contribution is 7.18. The Labute approximate surface area is 124 Å². The molecule has 0 bridgehead atoms. The summed E-state index contributed by atoms with van der Waals surface area (Å²) >= 11 is 1.70. The van der Waals surface area contributed by atoms with Crippen molar-refractivity contribution in [3.05, 3.63) is 10.9 Å². The molecule has 0 aliphatic carbocycles. The number of anilines is 2. The number of hydrogen-bond acceptors (Lipinski definition) is 6. The lowest BCUT2D eigenvalue weighted by atomic mass is 10.0. The number of nitrogens with one attached hydrogen (secondary N) is 2. The van der Waals surface area contributed by atoms with E-state index in [0.717, 1.165) is 29.0 Å². The zero-order valence-corrected chi connectivity index (χ0v) is 13.2. The van der Waals surface area contributed by atoms with E-state index in [9.17, 15) is 0 Å². The van der Waals surface area contributed by atoms with E-state index in [0.29, 0.717) is 11.9 Å². The van der Waals surface area contributed by atoms with Crippen LogP contribution in [0.1, 0.15) is 38.5 Å². The highest BCUT2D eigenvalue weighted by atomic mass is 32.1. The number of aromatic nitrogens is 2. The van der Waals surface area contributed by atoms with Gasteiger partial charge in [-0.2, -0.15) is 4.98 Å². The Kier molecular flexibility index (Phi) is 5.14. The fourth-order valence-corrected chi connectivity index (χ4v) is 3.13. The molecule has 20 heavy (non-hydrogen) atoms. The van der Waals surface area contributed by atoms with Crippen LogP contribution in [0.4, 0.5) is 11.8 Å². The first-order chi connectivity index (χ1) is 9.71. The maximum Gasteiger partial charge on any atom is 0.240 e. The topological polar surface area (TPSA) is 75.9 Å². The van der Waals surface area contributed by atoms with Crippen LogP contribution in [0.2, 0.25) is 0 Å². The van der Waals surface area contributed by atoms with Gasteiger partial charge in [-0.3, -0.25) is 5.43 Å². The lowest BCUT2D eigenvalue weighted by molar-refractivity contribution is 0.518. The van der Waals surface area contributed by atoms with Gasteiger partial charge < -0.3 is 5.32 Å². The van der Waals surface area contributed by atoms with E-state index in [-0.39, 0.29) is 0 Å². The summed E-state index contributed by atoms with van der Waals surface area (Å²) in [5, 5.41) is 4.56. The van der Waals surface area contributed by atoms with Gasteiger partial charge >= 0.3 is 0 Å². The summed E-state index contributed by atoms with van der Waals surface area (Å²) in [5.41, 5.74) is 2.55. The highest BCUT2D eigenvalue weighted by Gasteiger charge is 2.12. The molecule has 4 N–H and O–H groups in total. The first-order valence-electron chi connectivity index (χ1n) is 7.22. The quantitative estimate of drug-likeness (QED) is 0.539. The van der Waals surface area contributed by atoms with Gasteiger partial charge in [0.15, 0.2) is 0 Å². The van der Waals surface area contributed by atoms with Crippen LogP contribution in [0, 0.1) is 5.92 Å². The standard InChI is InChI=1S/C14H23N5S/c1-4-9(5-2)8-16-12-11-7-10(6-3)20-13(11)18-14(17-12)19-15/h7,9H,4-6,8,15H2,1-3H3,(H2,16,17,18,19). The summed E-state index contributed by atoms with van der Waals surface area (Å²) in [6, 6.07) is 2.18. The lowest BCUT2D eigenvalue weighted by Crippen LogP contribution is -2.16. The molecule has 0 atom stereocenters. The molecule has 0 aliphatic heterocycles. The monoisotopic (exact) mass is 293 g/mol. The van der Waals surface area contributed by atoms with E-state index in [4.69, 9.17) is 5.84 Å². The third-order valence-electron chi connectivity index (χ3n) is 3.63. The number of nitrogens with two attached hydrogens (primary N) is 1. The Hall–Kier alpha value is -1.40. The molecule has 0 saturated carbocycles. The van der Waals surface area contributed by atoms with Crippen molar-refractivity contribution >= 4 is 33.3 Å². The lowest BCUT2D eigenvalue weighted by Gasteiger charge is -2.14. The predicted octanol–water partition coefficient (Wildman–Crippen LogP) is 3.39. The zero-order valence-electron chi connectivity index (χ0n) is 12.4. The molecule has 2 heterocycles. The summed E-state index contributed by atoms with van der Waals surface area (Å²) < 4.78 is 0. The maximum absolute atomic E-state index is 5.46. The van der Waals surface area contributed by atoms with Crippen molar-refractivity contribution in [1.29, 1.82) is 0 Å². The maximum atomic E-state index is 5.46. The van der Waals surface area contributed by atoms with Crippen LogP contribution in [0.3, 0.4) is 0 Å². The molecule has 0 unspecified atom stereocenters. The van der Waals surface area contributed by atoms with Gasteiger partial charge in [-0.15, -0.1) is 11.3 Å². The highest BCUT2D eigenvalue weighted by Crippen LogP contribution is 2.30. The molecule has 0 aliphatic rings. The van der Waals surface area contributed by atoms with Gasteiger partial charge in [0.1, 0.15) is 10.6 Å². The van der Waals surface area contributed by atoms with Gasteiger partial charge in [-0.1, -0.05) is 33.6 Å². The average molecular weight is 293 g/mol. The largest absolute Gasteiger partial charge is 0.369 e. The Morgan fingerprint density at radius 3 is 2.60 bits per heavy atom. The number of thiophene rings is 1. The number of hydrogen-bond donors (Lipinski definition) is 3. The normalized spacial score (nSPS) is 11.2. The number of hydrazine groups is 1. The molecule has 0 fully saturated rings. The SMILES string of the molecule is CCc1cc2c(NCC(CC)CC)nc(NN)nc2s1. The van der Waals surface area contributed by atoms with Crippen molar-refractivity contribution in [2.24, 2.45) is 11.8 Å². The molecule has 0 aromatic carbocycles. The van der Waals surface area contributed by atoms with Crippen molar-refractivity contribution in [2.45, 2.75) is 40.0 Å². The molecule has 0 saturated heterocycles. The minimum Gasteiger partial charge on any atom is -0.369 e. The fourth-order valence-electron chi connectivity index (χ4n) is 2.16. The van der Waals surface area contributed by atoms with E-state index in [1.807, 2.05) is 0 Å². The van der Waals surface area contributed by atoms with Gasteiger partial charge in [0.25, 0.3) is 0 Å². The summed E-state index contributed by atoms with van der Waals surface area (Å²) in [4.78, 5) is 11.2. The molecule has 0 spiro atoms. The smallest absolute Gasteiger partial charge is 0.240 e. The summed E-state index contributed by atoms with van der Waals surface area (Å²) in [6.45, 7) is 7.52. The summed E-state index contributed by atoms with van der Waals surface area (Å²) in [5.74, 6) is 7.47. The van der Waals surface area contributed by atoms with Gasteiger partial charge in [0.05, 0.1) is 5.39 Å². The van der Waals surface area contributed by atoms with Crippen LogP contribution in [0.25, 0.3) is 10.2 Å². The third-order valence-corrected chi connectivity index (χ3v) is 4.81. The Morgan fingerprint density at radius 2 is 2.00 bits per heavy atom. The summed E-state index contributed by atoms with van der Waals surface area (Å²) in [6.07, 6.45) is 3.35. The van der Waals surface area contributed by atoms with E-state index >= 15 is 0 Å². The van der Waals surface area contributed by atoms with Crippen LogP contribution in [0.5, 0.6) is 0 Å². The molecular weight excluding hydrogens is 270 g/mol.